The third-order valence-electron chi connectivity index (χ3n) is 7.50. The quantitative estimate of drug-likeness (QED) is 0.112. The number of nitrogens with one attached hydrogen (secondary N) is 1. The predicted molar refractivity (Wildman–Crippen MR) is 161 cm³/mol. The fraction of sp³-hybridized carbons (Fsp3) is 0.645. The van der Waals surface area contributed by atoms with Gasteiger partial charge in [0.1, 0.15) is 18.4 Å². The summed E-state index contributed by atoms with van der Waals surface area (Å²) in [7, 11) is 0. The maximum Gasteiger partial charge on any atom is 0.240 e. The number of nitriles is 1. The minimum Gasteiger partial charge on any atom is -0.508 e. The van der Waals surface area contributed by atoms with E-state index in [1.165, 1.54) is 12.1 Å². The highest BCUT2D eigenvalue weighted by Crippen LogP contribution is 2.18. The smallest absolute Gasteiger partial charge is 0.240 e. The van der Waals surface area contributed by atoms with Crippen molar-refractivity contribution in [2.45, 2.75) is 75.9 Å². The van der Waals surface area contributed by atoms with Gasteiger partial charge in [0.2, 0.25) is 11.8 Å². The third-order valence-corrected chi connectivity index (χ3v) is 7.50. The molecule has 244 valence electrons. The van der Waals surface area contributed by atoms with Crippen molar-refractivity contribution in [2.24, 2.45) is 17.4 Å². The molecule has 0 aromatic heterocycles. The molecule has 1 aromatic carbocycles. The van der Waals surface area contributed by atoms with Crippen molar-refractivity contribution in [1.82, 2.24) is 10.2 Å². The number of amides is 2. The first kappa shape index (κ1) is 36.8. The zero-order chi connectivity index (χ0) is 32.3. The number of phenols is 1. The molecule has 1 aliphatic heterocycles. The van der Waals surface area contributed by atoms with Gasteiger partial charge in [0.25, 0.3) is 0 Å². The fourth-order valence-electron chi connectivity index (χ4n) is 4.87. The van der Waals surface area contributed by atoms with Crippen LogP contribution in [0.15, 0.2) is 24.3 Å². The van der Waals surface area contributed by atoms with Crippen LogP contribution in [-0.2, 0) is 35.1 Å². The maximum absolute atomic E-state index is 12.5. The average Bonchev–Trinajstić information content (AvgIpc) is 3.50. The number of Topliss-reactive ketones (excluding diaryl/α,β-unsaturated/α-hetero) is 2. The van der Waals surface area contributed by atoms with E-state index in [1.54, 1.807) is 17.0 Å². The second-order valence-electron chi connectivity index (χ2n) is 11.0. The number of benzene rings is 1. The lowest BCUT2D eigenvalue weighted by atomic mass is 9.95. The van der Waals surface area contributed by atoms with Crippen LogP contribution in [-0.4, -0.2) is 103 Å². The topological polar surface area (TPSA) is 218 Å². The monoisotopic (exact) mass is 617 g/mol. The maximum atomic E-state index is 12.5. The Labute approximate surface area is 258 Å². The number of ether oxygens (including phenoxy) is 2. The molecular formula is C31H47N5O8. The standard InChI is InChI=1S/C31H47N5O8/c32-19-24-5-4-13-36(24)31(42)27(33)7-3-1-2-6-26(39)21-44-16-15-43-14-12-35-30(41)23(20-37)18-29(40)28(34)17-22-8-10-25(38)11-9-22/h8-11,23-24,27-28,37-38H,1-7,12-18,20-21,33-34H2,(H,35,41)/t23-,24-,27-,28-/m0/s1. The van der Waals surface area contributed by atoms with Crippen LogP contribution in [0.5, 0.6) is 5.75 Å². The Kier molecular flexibility index (Phi) is 17.2. The molecule has 1 saturated heterocycles. The number of hydrogen-bond donors (Lipinski definition) is 5. The number of carbonyl (C=O) groups is 4. The molecule has 44 heavy (non-hydrogen) atoms. The van der Waals surface area contributed by atoms with E-state index in [4.69, 9.17) is 26.2 Å². The van der Waals surface area contributed by atoms with Gasteiger partial charge < -0.3 is 41.4 Å². The summed E-state index contributed by atoms with van der Waals surface area (Å²) in [4.78, 5) is 50.8. The molecule has 7 N–H and O–H groups in total. The lowest BCUT2D eigenvalue weighted by Gasteiger charge is -2.23. The molecule has 1 aliphatic rings. The van der Waals surface area contributed by atoms with E-state index in [0.29, 0.717) is 32.2 Å². The number of rotatable bonds is 22. The highest BCUT2D eigenvalue weighted by molar-refractivity contribution is 5.90. The molecule has 0 aliphatic carbocycles. The SMILES string of the molecule is N#C[C@@H]1CCCN1C(=O)[C@@H](N)CCCCCC(=O)COCCOCCNC(=O)[C@H](CO)CC(=O)[C@@H](N)Cc1ccc(O)cc1. The zero-order valence-corrected chi connectivity index (χ0v) is 25.3. The van der Waals surface area contributed by atoms with Gasteiger partial charge in [-0.3, -0.25) is 19.2 Å². The summed E-state index contributed by atoms with van der Waals surface area (Å²) >= 11 is 0. The van der Waals surface area contributed by atoms with Crippen molar-refractivity contribution in [2.75, 3.05) is 46.1 Å². The largest absolute Gasteiger partial charge is 0.508 e. The van der Waals surface area contributed by atoms with Crippen LogP contribution in [0.2, 0.25) is 0 Å². The Bertz CT molecular complexity index is 1090. The van der Waals surface area contributed by atoms with E-state index in [2.05, 4.69) is 11.4 Å². The number of hydrogen-bond acceptors (Lipinski definition) is 11. The van der Waals surface area contributed by atoms with E-state index < -0.39 is 30.5 Å². The van der Waals surface area contributed by atoms with Gasteiger partial charge in [0.15, 0.2) is 11.6 Å². The number of nitrogens with two attached hydrogens (primary N) is 2. The molecule has 4 atom stereocenters. The minimum atomic E-state index is -0.922. The molecule has 2 rings (SSSR count). The van der Waals surface area contributed by atoms with Crippen molar-refractivity contribution < 1.29 is 38.9 Å². The van der Waals surface area contributed by atoms with Crippen LogP contribution in [0, 0.1) is 17.2 Å². The Hall–Kier alpha value is -3.41. The van der Waals surface area contributed by atoms with Gasteiger partial charge in [0, 0.05) is 25.9 Å². The first-order valence-corrected chi connectivity index (χ1v) is 15.2. The van der Waals surface area contributed by atoms with Gasteiger partial charge in [0.05, 0.1) is 50.5 Å². The van der Waals surface area contributed by atoms with E-state index in [9.17, 15) is 29.4 Å². The highest BCUT2D eigenvalue weighted by Gasteiger charge is 2.31. The first-order valence-electron chi connectivity index (χ1n) is 15.2. The summed E-state index contributed by atoms with van der Waals surface area (Å²) < 4.78 is 10.7. The molecule has 1 aromatic rings. The number of aliphatic hydroxyl groups is 1. The lowest BCUT2D eigenvalue weighted by Crippen LogP contribution is -2.45. The highest BCUT2D eigenvalue weighted by atomic mass is 16.5. The van der Waals surface area contributed by atoms with Crippen molar-refractivity contribution in [3.8, 4) is 11.8 Å². The fourth-order valence-corrected chi connectivity index (χ4v) is 4.87. The summed E-state index contributed by atoms with van der Waals surface area (Å²) in [5.41, 5.74) is 12.8. The lowest BCUT2D eigenvalue weighted by molar-refractivity contribution is -0.132. The number of likely N-dealkylation sites (tertiary alicyclic amines) is 1. The average molecular weight is 618 g/mol. The second kappa shape index (κ2) is 20.5. The Morgan fingerprint density at radius 1 is 1.05 bits per heavy atom. The number of carbonyl (C=O) groups excluding carboxylic acids is 4. The van der Waals surface area contributed by atoms with E-state index >= 15 is 0 Å². The second-order valence-corrected chi connectivity index (χ2v) is 11.0. The van der Waals surface area contributed by atoms with Gasteiger partial charge in [-0.15, -0.1) is 0 Å². The number of aromatic hydroxyl groups is 1. The summed E-state index contributed by atoms with van der Waals surface area (Å²) in [6.45, 7) is 0.863. The van der Waals surface area contributed by atoms with Crippen LogP contribution < -0.4 is 16.8 Å². The summed E-state index contributed by atoms with van der Waals surface area (Å²) in [6, 6.07) is 6.65. The van der Waals surface area contributed by atoms with Gasteiger partial charge in [-0.25, -0.2) is 0 Å². The molecule has 1 fully saturated rings. The van der Waals surface area contributed by atoms with Crippen molar-refractivity contribution >= 4 is 23.4 Å². The molecule has 0 saturated carbocycles. The van der Waals surface area contributed by atoms with Crippen molar-refractivity contribution in [1.29, 1.82) is 5.26 Å². The number of aliphatic hydroxyl groups excluding tert-OH is 1. The molecule has 13 heteroatoms. The van der Waals surface area contributed by atoms with Crippen molar-refractivity contribution in [3.63, 3.8) is 0 Å². The van der Waals surface area contributed by atoms with Crippen LogP contribution in [0.25, 0.3) is 0 Å². The number of nitrogens with zero attached hydrogens (tertiary/aromatic N) is 2. The molecule has 0 spiro atoms. The van der Waals surface area contributed by atoms with Crippen LogP contribution in [0.4, 0.5) is 0 Å². The number of ketones is 2. The molecule has 0 bridgehead atoms. The van der Waals surface area contributed by atoms with Gasteiger partial charge >= 0.3 is 0 Å². The van der Waals surface area contributed by atoms with Gasteiger partial charge in [-0.2, -0.15) is 5.26 Å². The van der Waals surface area contributed by atoms with Crippen LogP contribution in [0.3, 0.4) is 0 Å². The van der Waals surface area contributed by atoms with Crippen molar-refractivity contribution in [3.05, 3.63) is 29.8 Å². The van der Waals surface area contributed by atoms with Gasteiger partial charge in [-0.05, 0) is 49.8 Å². The molecule has 13 nitrogen and oxygen atoms in total. The van der Waals surface area contributed by atoms with Gasteiger partial charge in [-0.1, -0.05) is 25.0 Å². The summed E-state index contributed by atoms with van der Waals surface area (Å²) in [6.07, 6.45) is 4.63. The van der Waals surface area contributed by atoms with Crippen LogP contribution >= 0.6 is 0 Å². The van der Waals surface area contributed by atoms with E-state index in [0.717, 1.165) is 24.8 Å². The summed E-state index contributed by atoms with van der Waals surface area (Å²) in [5, 5.41) is 30.7. The molecule has 0 unspecified atom stereocenters. The number of unbranched alkanes of at least 4 members (excludes halogenated alkanes) is 2. The Balaban J connectivity index is 1.46. The molecular weight excluding hydrogens is 570 g/mol. The first-order chi connectivity index (χ1) is 21.2. The zero-order valence-electron chi connectivity index (χ0n) is 25.3. The van der Waals surface area contributed by atoms with E-state index in [-0.39, 0.29) is 75.1 Å². The molecule has 0 radical (unpaired) electrons. The molecule has 1 heterocycles. The van der Waals surface area contributed by atoms with E-state index in [1.807, 2.05) is 0 Å². The number of phenolic OH excluding ortho intramolecular Hbond substituents is 1. The van der Waals surface area contributed by atoms with Crippen LogP contribution in [0.1, 0.15) is 56.9 Å². The minimum absolute atomic E-state index is 0.0241. The predicted octanol–water partition coefficient (Wildman–Crippen LogP) is 0.341. The molecule has 2 amide bonds. The Morgan fingerprint density at radius 2 is 1.77 bits per heavy atom. The normalized spacial score (nSPS) is 16.6. The Morgan fingerprint density at radius 3 is 2.48 bits per heavy atom. The summed E-state index contributed by atoms with van der Waals surface area (Å²) in [5.74, 6) is -1.84. The third kappa shape index (κ3) is 13.5.